The maximum Gasteiger partial charge on any atom is 0.342 e. The monoisotopic (exact) mass is 140 g/mol. The first kappa shape index (κ1) is 6.66. The molecule has 0 atom stereocenters. The average Bonchev–Trinajstić information content (AvgIpc) is 2.33. The number of nitrogens with zero attached hydrogens (tertiary/aromatic N) is 4. The van der Waals surface area contributed by atoms with Crippen molar-refractivity contribution in [2.45, 2.75) is 6.42 Å². The van der Waals surface area contributed by atoms with Crippen LogP contribution in [0.3, 0.4) is 0 Å². The molecule has 0 spiro atoms. The summed E-state index contributed by atoms with van der Waals surface area (Å²) in [6.07, 6.45) is 0.343. The third kappa shape index (κ3) is 0.949. The van der Waals surface area contributed by atoms with Gasteiger partial charge in [0, 0.05) is 6.42 Å². The van der Waals surface area contributed by atoms with Crippen molar-refractivity contribution in [3.8, 4) is 0 Å². The van der Waals surface area contributed by atoms with Gasteiger partial charge in [-0.15, -0.1) is 9.78 Å². The van der Waals surface area contributed by atoms with Crippen molar-refractivity contribution in [3.63, 3.8) is 0 Å². The van der Waals surface area contributed by atoms with E-state index in [1.165, 1.54) is 0 Å². The lowest BCUT2D eigenvalue weighted by molar-refractivity contribution is 0.246. The van der Waals surface area contributed by atoms with Crippen LogP contribution in [0, 0.1) is 6.92 Å². The summed E-state index contributed by atoms with van der Waals surface area (Å²) in [4.78, 5) is 10.5. The zero-order valence-electron chi connectivity index (χ0n) is 5.19. The Hall–Kier alpha value is -1.46. The lowest BCUT2D eigenvalue weighted by Crippen LogP contribution is -2.23. The fourth-order valence-electron chi connectivity index (χ4n) is 0.533. The molecule has 0 saturated carbocycles. The third-order valence-electron chi connectivity index (χ3n) is 0.966. The number of tetrazole rings is 1. The molecular weight excluding hydrogens is 134 g/mol. The van der Waals surface area contributed by atoms with Gasteiger partial charge < -0.3 is 5.73 Å². The Morgan fingerprint density at radius 1 is 1.80 bits per heavy atom. The molecule has 0 aliphatic carbocycles. The smallest absolute Gasteiger partial charge is 0.342 e. The normalized spacial score (nSPS) is 9.70. The highest BCUT2D eigenvalue weighted by Gasteiger charge is 2.06. The number of hydrogen-bond acceptors (Lipinski definition) is 4. The van der Waals surface area contributed by atoms with Crippen LogP contribution < -0.4 is 5.73 Å². The molecule has 0 aliphatic rings. The molecule has 0 fully saturated rings. The molecule has 6 heteroatoms. The highest BCUT2D eigenvalue weighted by atomic mass is 16.2. The van der Waals surface area contributed by atoms with Crippen LogP contribution in [0.2, 0.25) is 0 Å². The van der Waals surface area contributed by atoms with Crippen LogP contribution >= 0.6 is 0 Å². The number of rotatable bonds is 1. The van der Waals surface area contributed by atoms with Gasteiger partial charge in [-0.25, -0.2) is 4.79 Å². The van der Waals surface area contributed by atoms with Gasteiger partial charge in [0.1, 0.15) is 0 Å². The molecule has 0 unspecified atom stereocenters. The Morgan fingerprint density at radius 2 is 2.50 bits per heavy atom. The molecule has 0 aliphatic heterocycles. The minimum Gasteiger partial charge on any atom is -0.350 e. The maximum atomic E-state index is 10.5. The molecule has 6 nitrogen and oxygen atoms in total. The summed E-state index contributed by atoms with van der Waals surface area (Å²) in [7, 11) is 0. The summed E-state index contributed by atoms with van der Waals surface area (Å²) < 4.78 is 0.910. The Bertz CT molecular complexity index is 242. The molecule has 0 bridgehead atoms. The SMILES string of the molecule is [CH2]Cc1nnnn1C(N)=O. The Balaban J connectivity index is 3.01. The summed E-state index contributed by atoms with van der Waals surface area (Å²) in [6, 6.07) is -0.691. The van der Waals surface area contributed by atoms with Crippen LogP contribution in [0.15, 0.2) is 0 Å². The zero-order valence-corrected chi connectivity index (χ0v) is 5.19. The number of carbonyl (C=O) groups excluding carboxylic acids is 1. The van der Waals surface area contributed by atoms with Crippen LogP contribution in [0.5, 0.6) is 0 Å². The lowest BCUT2D eigenvalue weighted by Gasteiger charge is -1.92. The van der Waals surface area contributed by atoms with E-state index in [1.54, 1.807) is 0 Å². The first-order chi connectivity index (χ1) is 4.75. The number of hydrogen-bond donors (Lipinski definition) is 1. The molecule has 1 rings (SSSR count). The van der Waals surface area contributed by atoms with E-state index in [9.17, 15) is 4.79 Å². The summed E-state index contributed by atoms with van der Waals surface area (Å²) >= 11 is 0. The summed E-state index contributed by atoms with van der Waals surface area (Å²) in [5.74, 6) is 0.368. The lowest BCUT2D eigenvalue weighted by atomic mass is 10.5. The topological polar surface area (TPSA) is 86.7 Å². The fourth-order valence-corrected chi connectivity index (χ4v) is 0.533. The second-order valence-electron chi connectivity index (χ2n) is 1.60. The molecule has 1 aromatic rings. The Morgan fingerprint density at radius 3 is 2.90 bits per heavy atom. The number of amides is 1. The number of primary amides is 1. The summed E-state index contributed by atoms with van der Waals surface area (Å²) in [5.41, 5.74) is 4.89. The minimum atomic E-state index is -0.691. The standard InChI is InChI=1S/C4H6N5O/c1-2-3-6-7-8-9(3)4(5)10/h1-2H2,(H2,5,10). The van der Waals surface area contributed by atoms with Gasteiger partial charge in [-0.05, 0) is 17.4 Å². The van der Waals surface area contributed by atoms with Crippen LogP contribution in [-0.4, -0.2) is 26.2 Å². The molecule has 2 N–H and O–H groups in total. The molecule has 0 saturated heterocycles. The average molecular weight is 140 g/mol. The molecule has 1 heterocycles. The van der Waals surface area contributed by atoms with E-state index >= 15 is 0 Å². The van der Waals surface area contributed by atoms with Crippen molar-refractivity contribution in [1.82, 2.24) is 20.2 Å². The predicted octanol–water partition coefficient (Wildman–Crippen LogP) is -1.02. The molecule has 1 amide bonds. The van der Waals surface area contributed by atoms with E-state index in [-0.39, 0.29) is 0 Å². The van der Waals surface area contributed by atoms with E-state index in [0.29, 0.717) is 12.2 Å². The van der Waals surface area contributed by atoms with Crippen molar-refractivity contribution < 1.29 is 4.79 Å². The molecule has 0 aromatic carbocycles. The van der Waals surface area contributed by atoms with E-state index in [1.807, 2.05) is 0 Å². The summed E-state index contributed by atoms with van der Waals surface area (Å²) in [6.45, 7) is 3.50. The first-order valence-electron chi connectivity index (χ1n) is 2.62. The van der Waals surface area contributed by atoms with Crippen molar-refractivity contribution in [2.75, 3.05) is 0 Å². The third-order valence-corrected chi connectivity index (χ3v) is 0.966. The zero-order chi connectivity index (χ0) is 7.56. The van der Waals surface area contributed by atoms with E-state index in [0.717, 1.165) is 4.68 Å². The van der Waals surface area contributed by atoms with Gasteiger partial charge in [-0.3, -0.25) is 0 Å². The van der Waals surface area contributed by atoms with Gasteiger partial charge in [0.05, 0.1) is 0 Å². The van der Waals surface area contributed by atoms with Crippen LogP contribution in [0.1, 0.15) is 5.82 Å². The first-order valence-corrected chi connectivity index (χ1v) is 2.62. The van der Waals surface area contributed by atoms with Crippen molar-refractivity contribution in [1.29, 1.82) is 0 Å². The quantitative estimate of drug-likeness (QED) is 0.505. The van der Waals surface area contributed by atoms with Gasteiger partial charge in [-0.1, -0.05) is 0 Å². The minimum absolute atomic E-state index is 0.343. The molecule has 1 radical (unpaired) electrons. The van der Waals surface area contributed by atoms with Crippen molar-refractivity contribution in [2.24, 2.45) is 5.73 Å². The van der Waals surface area contributed by atoms with Crippen LogP contribution in [-0.2, 0) is 6.42 Å². The molecule has 1 aromatic heterocycles. The fraction of sp³-hybridized carbons (Fsp3) is 0.250. The van der Waals surface area contributed by atoms with Gasteiger partial charge in [0.25, 0.3) is 0 Å². The van der Waals surface area contributed by atoms with Gasteiger partial charge in [0.2, 0.25) is 0 Å². The second-order valence-corrected chi connectivity index (χ2v) is 1.60. The van der Waals surface area contributed by atoms with Crippen molar-refractivity contribution >= 4 is 6.03 Å². The van der Waals surface area contributed by atoms with Gasteiger partial charge in [0.15, 0.2) is 5.82 Å². The largest absolute Gasteiger partial charge is 0.350 e. The van der Waals surface area contributed by atoms with Gasteiger partial charge in [-0.2, -0.15) is 0 Å². The molecule has 10 heavy (non-hydrogen) atoms. The van der Waals surface area contributed by atoms with Crippen LogP contribution in [0.25, 0.3) is 0 Å². The highest BCUT2D eigenvalue weighted by Crippen LogP contribution is 1.89. The van der Waals surface area contributed by atoms with E-state index < -0.39 is 6.03 Å². The van der Waals surface area contributed by atoms with Gasteiger partial charge >= 0.3 is 6.03 Å². The predicted molar refractivity (Wildman–Crippen MR) is 31.9 cm³/mol. The molecular formula is C4H6N5O. The number of aromatic nitrogens is 4. The Labute approximate surface area is 57.0 Å². The van der Waals surface area contributed by atoms with E-state index in [4.69, 9.17) is 5.73 Å². The molecule has 53 valence electrons. The van der Waals surface area contributed by atoms with Crippen molar-refractivity contribution in [3.05, 3.63) is 12.7 Å². The highest BCUT2D eigenvalue weighted by molar-refractivity contribution is 5.73. The summed E-state index contributed by atoms with van der Waals surface area (Å²) in [5, 5.41) is 10.1. The second kappa shape index (κ2) is 2.42. The number of nitrogens with two attached hydrogens (primary N) is 1. The van der Waals surface area contributed by atoms with E-state index in [2.05, 4.69) is 22.4 Å². The Kier molecular flexibility index (Phi) is 1.61. The maximum absolute atomic E-state index is 10.5. The van der Waals surface area contributed by atoms with Crippen LogP contribution in [0.4, 0.5) is 4.79 Å². The number of carbonyl (C=O) groups is 1.